The van der Waals surface area contributed by atoms with Crippen molar-refractivity contribution in [2.45, 2.75) is 32.2 Å². The van der Waals surface area contributed by atoms with Gasteiger partial charge >= 0.3 is 0 Å². The number of nitrogens with one attached hydrogen (secondary N) is 1. The van der Waals surface area contributed by atoms with Gasteiger partial charge in [-0.2, -0.15) is 0 Å². The molecule has 0 aliphatic carbocycles. The average Bonchev–Trinajstić information content (AvgIpc) is 3.05. The minimum absolute atomic E-state index is 0.188. The normalized spacial score (nSPS) is 23.2. The maximum Gasteiger partial charge on any atom is 0.253 e. The number of benzene rings is 1. The second-order valence-electron chi connectivity index (χ2n) is 6.76. The molecule has 4 nitrogen and oxygen atoms in total. The summed E-state index contributed by atoms with van der Waals surface area (Å²) < 4.78 is 0. The van der Waals surface area contributed by atoms with Gasteiger partial charge in [-0.3, -0.25) is 9.69 Å². The molecule has 4 heteroatoms. The van der Waals surface area contributed by atoms with Gasteiger partial charge in [0, 0.05) is 50.9 Å². The molecule has 2 aliphatic rings. The summed E-state index contributed by atoms with van der Waals surface area (Å²) in [5.41, 5.74) is 2.11. The molecule has 0 bridgehead atoms. The van der Waals surface area contributed by atoms with Crippen LogP contribution in [0.15, 0.2) is 24.3 Å². The molecule has 22 heavy (non-hydrogen) atoms. The lowest BCUT2D eigenvalue weighted by Gasteiger charge is -2.32. The van der Waals surface area contributed by atoms with Crippen LogP contribution >= 0.6 is 0 Å². The van der Waals surface area contributed by atoms with Crippen molar-refractivity contribution in [1.29, 1.82) is 0 Å². The highest BCUT2D eigenvalue weighted by molar-refractivity contribution is 5.94. The monoisotopic (exact) mass is 301 g/mol. The molecular formula is C18H27N3O. The van der Waals surface area contributed by atoms with Crippen molar-refractivity contribution in [2.75, 3.05) is 39.3 Å². The van der Waals surface area contributed by atoms with Gasteiger partial charge in [0.1, 0.15) is 0 Å². The van der Waals surface area contributed by atoms with E-state index < -0.39 is 0 Å². The molecule has 2 fully saturated rings. The SMILES string of the molecule is CC(C)c1ccc(C(=O)N2CCC(N3CCNCC3)C2)cc1. The van der Waals surface area contributed by atoms with Crippen LogP contribution in [0.2, 0.25) is 0 Å². The van der Waals surface area contributed by atoms with Crippen molar-refractivity contribution < 1.29 is 4.79 Å². The standard InChI is InChI=1S/C18H27N3O/c1-14(2)15-3-5-16(6-4-15)18(22)21-10-7-17(13-21)20-11-8-19-9-12-20/h3-6,14,17,19H,7-13H2,1-2H3. The van der Waals surface area contributed by atoms with Gasteiger partial charge in [0.25, 0.3) is 5.91 Å². The van der Waals surface area contributed by atoms with Crippen LogP contribution in [0.25, 0.3) is 0 Å². The topological polar surface area (TPSA) is 35.6 Å². The third-order valence-corrected chi connectivity index (χ3v) is 4.94. The van der Waals surface area contributed by atoms with Crippen molar-refractivity contribution in [1.82, 2.24) is 15.1 Å². The summed E-state index contributed by atoms with van der Waals surface area (Å²) in [4.78, 5) is 17.2. The van der Waals surface area contributed by atoms with Gasteiger partial charge in [-0.15, -0.1) is 0 Å². The summed E-state index contributed by atoms with van der Waals surface area (Å²) in [5.74, 6) is 0.695. The first-order chi connectivity index (χ1) is 10.6. The minimum Gasteiger partial charge on any atom is -0.337 e. The molecule has 1 aromatic carbocycles. The number of likely N-dealkylation sites (tertiary alicyclic amines) is 1. The molecule has 1 aromatic rings. The largest absolute Gasteiger partial charge is 0.337 e. The quantitative estimate of drug-likeness (QED) is 0.926. The number of hydrogen-bond acceptors (Lipinski definition) is 3. The minimum atomic E-state index is 0.188. The van der Waals surface area contributed by atoms with Crippen LogP contribution in [0.1, 0.15) is 42.1 Å². The third-order valence-electron chi connectivity index (χ3n) is 4.94. The Kier molecular flexibility index (Phi) is 4.79. The Hall–Kier alpha value is -1.39. The van der Waals surface area contributed by atoms with Crippen LogP contribution in [0.4, 0.5) is 0 Å². The van der Waals surface area contributed by atoms with E-state index in [-0.39, 0.29) is 5.91 Å². The molecule has 3 rings (SSSR count). The Balaban J connectivity index is 1.61. The number of carbonyl (C=O) groups excluding carboxylic acids is 1. The van der Waals surface area contributed by atoms with Crippen LogP contribution < -0.4 is 5.32 Å². The first-order valence-corrected chi connectivity index (χ1v) is 8.49. The van der Waals surface area contributed by atoms with Gasteiger partial charge < -0.3 is 10.2 Å². The second-order valence-corrected chi connectivity index (χ2v) is 6.76. The van der Waals surface area contributed by atoms with E-state index >= 15 is 0 Å². The zero-order valence-electron chi connectivity index (χ0n) is 13.7. The molecule has 0 spiro atoms. The van der Waals surface area contributed by atoms with E-state index in [4.69, 9.17) is 0 Å². The molecule has 2 heterocycles. The molecule has 0 aromatic heterocycles. The zero-order chi connectivity index (χ0) is 15.5. The van der Waals surface area contributed by atoms with E-state index in [2.05, 4.69) is 36.2 Å². The van der Waals surface area contributed by atoms with Crippen LogP contribution in [0.3, 0.4) is 0 Å². The van der Waals surface area contributed by atoms with E-state index in [9.17, 15) is 4.79 Å². The fraction of sp³-hybridized carbons (Fsp3) is 0.611. The summed E-state index contributed by atoms with van der Waals surface area (Å²) in [6.45, 7) is 10.5. The molecule has 1 amide bonds. The zero-order valence-corrected chi connectivity index (χ0v) is 13.7. The molecular weight excluding hydrogens is 274 g/mol. The van der Waals surface area contributed by atoms with E-state index in [1.165, 1.54) is 5.56 Å². The van der Waals surface area contributed by atoms with Crippen LogP contribution in [-0.2, 0) is 0 Å². The predicted molar refractivity (Wildman–Crippen MR) is 89.3 cm³/mol. The smallest absolute Gasteiger partial charge is 0.253 e. The molecule has 0 radical (unpaired) electrons. The predicted octanol–water partition coefficient (Wildman–Crippen LogP) is 1.93. The molecule has 2 saturated heterocycles. The van der Waals surface area contributed by atoms with Gasteiger partial charge in [0.15, 0.2) is 0 Å². The number of piperazine rings is 1. The number of amides is 1. The van der Waals surface area contributed by atoms with Crippen LogP contribution in [0.5, 0.6) is 0 Å². The Bertz CT molecular complexity index is 506. The number of carbonyl (C=O) groups is 1. The highest BCUT2D eigenvalue weighted by atomic mass is 16.2. The summed E-state index contributed by atoms with van der Waals surface area (Å²) in [7, 11) is 0. The Morgan fingerprint density at radius 2 is 1.82 bits per heavy atom. The van der Waals surface area contributed by atoms with E-state index in [0.29, 0.717) is 12.0 Å². The van der Waals surface area contributed by atoms with Crippen LogP contribution in [-0.4, -0.2) is 61.0 Å². The van der Waals surface area contributed by atoms with Crippen molar-refractivity contribution in [3.63, 3.8) is 0 Å². The number of nitrogens with zero attached hydrogens (tertiary/aromatic N) is 2. The highest BCUT2D eigenvalue weighted by Gasteiger charge is 2.31. The maximum atomic E-state index is 12.7. The summed E-state index contributed by atoms with van der Waals surface area (Å²) in [5, 5.41) is 3.39. The lowest BCUT2D eigenvalue weighted by Crippen LogP contribution is -2.49. The lowest BCUT2D eigenvalue weighted by molar-refractivity contribution is 0.0773. The molecule has 1 N–H and O–H groups in total. The second kappa shape index (κ2) is 6.80. The van der Waals surface area contributed by atoms with E-state index in [0.717, 1.165) is 51.3 Å². The average molecular weight is 301 g/mol. The fourth-order valence-electron chi connectivity index (χ4n) is 3.46. The Morgan fingerprint density at radius 1 is 1.14 bits per heavy atom. The van der Waals surface area contributed by atoms with Crippen molar-refractivity contribution >= 4 is 5.91 Å². The van der Waals surface area contributed by atoms with Gasteiger partial charge in [-0.05, 0) is 30.0 Å². The molecule has 1 unspecified atom stereocenters. The van der Waals surface area contributed by atoms with Gasteiger partial charge in [0.05, 0.1) is 0 Å². The Labute approximate surface area is 133 Å². The summed E-state index contributed by atoms with van der Waals surface area (Å²) in [6.07, 6.45) is 1.11. The van der Waals surface area contributed by atoms with Crippen molar-refractivity contribution in [3.8, 4) is 0 Å². The third kappa shape index (κ3) is 3.33. The number of hydrogen-bond donors (Lipinski definition) is 1. The van der Waals surface area contributed by atoms with Crippen molar-refractivity contribution in [2.24, 2.45) is 0 Å². The van der Waals surface area contributed by atoms with Gasteiger partial charge in [-0.25, -0.2) is 0 Å². The summed E-state index contributed by atoms with van der Waals surface area (Å²) in [6, 6.07) is 8.68. The van der Waals surface area contributed by atoms with E-state index in [1.54, 1.807) is 0 Å². The van der Waals surface area contributed by atoms with Gasteiger partial charge in [-0.1, -0.05) is 26.0 Å². The van der Waals surface area contributed by atoms with E-state index in [1.807, 2.05) is 17.0 Å². The molecule has 2 aliphatic heterocycles. The first kappa shape index (κ1) is 15.5. The number of rotatable bonds is 3. The molecule has 0 saturated carbocycles. The lowest BCUT2D eigenvalue weighted by atomic mass is 10.0. The fourth-order valence-corrected chi connectivity index (χ4v) is 3.46. The highest BCUT2D eigenvalue weighted by Crippen LogP contribution is 2.20. The van der Waals surface area contributed by atoms with Gasteiger partial charge in [0.2, 0.25) is 0 Å². The molecule has 120 valence electrons. The Morgan fingerprint density at radius 3 is 2.45 bits per heavy atom. The van der Waals surface area contributed by atoms with Crippen LogP contribution in [0, 0.1) is 0 Å². The van der Waals surface area contributed by atoms with Crippen molar-refractivity contribution in [3.05, 3.63) is 35.4 Å². The maximum absolute atomic E-state index is 12.7. The summed E-state index contributed by atoms with van der Waals surface area (Å²) >= 11 is 0. The first-order valence-electron chi connectivity index (χ1n) is 8.49. The molecule has 1 atom stereocenters.